The first-order chi connectivity index (χ1) is 3.83. The van der Waals surface area contributed by atoms with Gasteiger partial charge in [0.05, 0.1) is 0 Å². The van der Waals surface area contributed by atoms with E-state index < -0.39 is 0 Å². The Kier molecular flexibility index (Phi) is 21.4. The molecule has 0 unspecified atom stereocenters. The van der Waals surface area contributed by atoms with Gasteiger partial charge in [-0.1, -0.05) is 33.6 Å². The van der Waals surface area contributed by atoms with Gasteiger partial charge >= 0.3 is 0 Å². The fourth-order valence-corrected chi connectivity index (χ4v) is 0. The zero-order valence-electron chi connectivity index (χ0n) is 6.62. The summed E-state index contributed by atoms with van der Waals surface area (Å²) in [5.74, 6) is 0. The second-order valence-electron chi connectivity index (χ2n) is 1.71. The van der Waals surface area contributed by atoms with Gasteiger partial charge in [0.1, 0.15) is 0 Å². The molecule has 0 aliphatic heterocycles. The summed E-state index contributed by atoms with van der Waals surface area (Å²) in [5, 5.41) is 2.93. The van der Waals surface area contributed by atoms with Crippen molar-refractivity contribution in [2.75, 3.05) is 13.6 Å². The Hall–Kier alpha value is -0.0400. The van der Waals surface area contributed by atoms with Crippen LogP contribution < -0.4 is 5.32 Å². The van der Waals surface area contributed by atoms with Gasteiger partial charge in [0.2, 0.25) is 0 Å². The second kappa shape index (κ2) is 15.8. The average molecular weight is 119 g/mol. The molecule has 0 aliphatic rings. The van der Waals surface area contributed by atoms with Crippen molar-refractivity contribution in [1.82, 2.24) is 5.32 Å². The lowest BCUT2D eigenvalue weighted by atomic mass is 10.4. The average Bonchev–Trinajstić information content (AvgIpc) is 1.88. The van der Waals surface area contributed by atoms with E-state index in [1.54, 1.807) is 0 Å². The van der Waals surface area contributed by atoms with E-state index in [9.17, 15) is 0 Å². The van der Waals surface area contributed by atoms with E-state index in [1.165, 1.54) is 12.8 Å². The molecule has 0 radical (unpaired) electrons. The monoisotopic (exact) mass is 119 g/mol. The van der Waals surface area contributed by atoms with E-state index in [0.717, 1.165) is 6.54 Å². The standard InChI is InChI=1S/C4H10.C3H9N.H2/c2*1-3-4-2;/h3-4H2,1-2H3;4H,3H2,1-2H3;1H. The van der Waals surface area contributed by atoms with Gasteiger partial charge < -0.3 is 5.32 Å². The van der Waals surface area contributed by atoms with Crippen LogP contribution in [0.4, 0.5) is 0 Å². The summed E-state index contributed by atoms with van der Waals surface area (Å²) in [4.78, 5) is 0. The Morgan fingerprint density at radius 2 is 1.38 bits per heavy atom. The largest absolute Gasteiger partial charge is 0.320 e. The van der Waals surface area contributed by atoms with E-state index in [0.29, 0.717) is 0 Å². The zero-order chi connectivity index (χ0) is 6.83. The lowest BCUT2D eigenvalue weighted by molar-refractivity contribution is 0.864. The summed E-state index contributed by atoms with van der Waals surface area (Å²) in [6.45, 7) is 7.50. The van der Waals surface area contributed by atoms with Crippen LogP contribution in [-0.2, 0) is 0 Å². The van der Waals surface area contributed by atoms with Crippen molar-refractivity contribution in [3.05, 3.63) is 0 Å². The Morgan fingerprint density at radius 3 is 1.38 bits per heavy atom. The molecule has 0 aromatic rings. The van der Waals surface area contributed by atoms with E-state index in [1.807, 2.05) is 7.05 Å². The maximum Gasteiger partial charge on any atom is 0 e. The van der Waals surface area contributed by atoms with Crippen LogP contribution >= 0.6 is 0 Å². The molecule has 0 rings (SSSR count). The maximum atomic E-state index is 2.93. The molecule has 0 fully saturated rings. The van der Waals surface area contributed by atoms with Gasteiger partial charge in [0.15, 0.2) is 0 Å². The summed E-state index contributed by atoms with van der Waals surface area (Å²) in [7, 11) is 1.93. The third-order valence-corrected chi connectivity index (χ3v) is 0.854. The SMILES string of the molecule is CCCC.CCNC.[HH]. The number of rotatable bonds is 2. The van der Waals surface area contributed by atoms with Crippen molar-refractivity contribution in [3.8, 4) is 0 Å². The smallest absolute Gasteiger partial charge is 0 e. The molecule has 0 saturated heterocycles. The van der Waals surface area contributed by atoms with Gasteiger partial charge in [0, 0.05) is 1.43 Å². The van der Waals surface area contributed by atoms with Gasteiger partial charge in [-0.2, -0.15) is 0 Å². The molecule has 54 valence electrons. The maximum absolute atomic E-state index is 2.93. The van der Waals surface area contributed by atoms with Gasteiger partial charge in [-0.15, -0.1) is 0 Å². The van der Waals surface area contributed by atoms with E-state index in [2.05, 4.69) is 26.1 Å². The van der Waals surface area contributed by atoms with Crippen molar-refractivity contribution in [1.29, 1.82) is 0 Å². The summed E-state index contributed by atoms with van der Waals surface area (Å²) >= 11 is 0. The predicted molar refractivity (Wildman–Crippen MR) is 42.3 cm³/mol. The zero-order valence-corrected chi connectivity index (χ0v) is 6.62. The minimum atomic E-state index is 0. The molecule has 1 N–H and O–H groups in total. The molecule has 0 atom stereocenters. The van der Waals surface area contributed by atoms with Crippen LogP contribution in [0.25, 0.3) is 0 Å². The summed E-state index contributed by atoms with van der Waals surface area (Å²) < 4.78 is 0. The fraction of sp³-hybridized carbons (Fsp3) is 1.00. The number of hydrogen-bond acceptors (Lipinski definition) is 1. The Bertz CT molecular complexity index is 16.9. The van der Waals surface area contributed by atoms with Crippen molar-refractivity contribution < 1.29 is 1.43 Å². The Labute approximate surface area is 55.0 Å². The van der Waals surface area contributed by atoms with E-state index in [-0.39, 0.29) is 1.43 Å². The third-order valence-electron chi connectivity index (χ3n) is 0.854. The van der Waals surface area contributed by atoms with Crippen LogP contribution in [0, 0.1) is 0 Å². The fourth-order valence-electron chi connectivity index (χ4n) is 0. The molecule has 0 bridgehead atoms. The number of unbranched alkanes of at least 4 members (excludes halogenated alkanes) is 1. The first kappa shape index (κ1) is 10.9. The van der Waals surface area contributed by atoms with Crippen LogP contribution in [0.3, 0.4) is 0 Å². The van der Waals surface area contributed by atoms with Gasteiger partial charge in [-0.05, 0) is 13.6 Å². The lowest BCUT2D eigenvalue weighted by Gasteiger charge is -1.76. The van der Waals surface area contributed by atoms with Gasteiger partial charge in [-0.3, -0.25) is 0 Å². The summed E-state index contributed by atoms with van der Waals surface area (Å²) in [6.07, 6.45) is 2.64. The second-order valence-corrected chi connectivity index (χ2v) is 1.71. The highest BCUT2D eigenvalue weighted by molar-refractivity contribution is 4.15. The van der Waals surface area contributed by atoms with E-state index in [4.69, 9.17) is 0 Å². The van der Waals surface area contributed by atoms with Crippen LogP contribution in [0.2, 0.25) is 0 Å². The van der Waals surface area contributed by atoms with Gasteiger partial charge in [-0.25, -0.2) is 0 Å². The molecule has 0 saturated carbocycles. The molecule has 8 heavy (non-hydrogen) atoms. The minimum Gasteiger partial charge on any atom is -0.320 e. The Morgan fingerprint density at radius 1 is 1.12 bits per heavy atom. The molecular weight excluding hydrogens is 98.1 g/mol. The number of nitrogens with one attached hydrogen (secondary N) is 1. The van der Waals surface area contributed by atoms with Crippen molar-refractivity contribution >= 4 is 0 Å². The van der Waals surface area contributed by atoms with Crippen LogP contribution in [-0.4, -0.2) is 13.6 Å². The summed E-state index contributed by atoms with van der Waals surface area (Å²) in [5.41, 5.74) is 0. The number of hydrogen-bond donors (Lipinski definition) is 1. The van der Waals surface area contributed by atoms with Crippen LogP contribution in [0.5, 0.6) is 0 Å². The minimum absolute atomic E-state index is 0. The quantitative estimate of drug-likeness (QED) is 0.588. The van der Waals surface area contributed by atoms with Crippen LogP contribution in [0.1, 0.15) is 35.0 Å². The molecule has 0 aromatic carbocycles. The van der Waals surface area contributed by atoms with Crippen LogP contribution in [0.15, 0.2) is 0 Å². The first-order valence-electron chi connectivity index (χ1n) is 3.47. The van der Waals surface area contributed by atoms with Crippen molar-refractivity contribution in [3.63, 3.8) is 0 Å². The Balaban J connectivity index is -0.0000000720. The normalized spacial score (nSPS) is 7.50. The molecular formula is C7H21N. The van der Waals surface area contributed by atoms with E-state index >= 15 is 0 Å². The molecule has 1 nitrogen and oxygen atoms in total. The van der Waals surface area contributed by atoms with Crippen molar-refractivity contribution in [2.24, 2.45) is 0 Å². The third kappa shape index (κ3) is 38.2. The molecule has 1 heteroatoms. The highest BCUT2D eigenvalue weighted by atomic mass is 14.8. The topological polar surface area (TPSA) is 12.0 Å². The van der Waals surface area contributed by atoms with Crippen molar-refractivity contribution in [2.45, 2.75) is 33.6 Å². The lowest BCUT2D eigenvalue weighted by Crippen LogP contribution is -2.01. The highest BCUT2D eigenvalue weighted by Crippen LogP contribution is 1.76. The molecule has 0 spiro atoms. The summed E-state index contributed by atoms with van der Waals surface area (Å²) in [6, 6.07) is 0. The molecule has 0 amide bonds. The molecule has 0 aromatic heterocycles. The highest BCUT2D eigenvalue weighted by Gasteiger charge is 1.56. The molecule has 0 aliphatic carbocycles. The van der Waals surface area contributed by atoms with Gasteiger partial charge in [0.25, 0.3) is 0 Å². The predicted octanol–water partition coefficient (Wildman–Crippen LogP) is 2.28. The molecule has 0 heterocycles. The first-order valence-corrected chi connectivity index (χ1v) is 3.47.